The lowest BCUT2D eigenvalue weighted by Crippen LogP contribution is -2.19. The molecule has 1 aliphatic heterocycles. The van der Waals surface area contributed by atoms with E-state index in [0.29, 0.717) is 17.7 Å². The summed E-state index contributed by atoms with van der Waals surface area (Å²) >= 11 is 0. The summed E-state index contributed by atoms with van der Waals surface area (Å²) < 4.78 is 20.8. The van der Waals surface area contributed by atoms with E-state index in [1.807, 2.05) is 16.8 Å². The lowest BCUT2D eigenvalue weighted by atomic mass is 9.97. The minimum absolute atomic E-state index is 0.383. The lowest BCUT2D eigenvalue weighted by Gasteiger charge is -2.17. The average molecular weight is 362 g/mol. The molecule has 6 nitrogen and oxygen atoms in total. The molecule has 3 aromatic rings. The molecular formula is C20H15FN4O2. The molecule has 1 fully saturated rings. The first-order valence-electron chi connectivity index (χ1n) is 8.31. The summed E-state index contributed by atoms with van der Waals surface area (Å²) in [6, 6.07) is 7.40. The van der Waals surface area contributed by atoms with Gasteiger partial charge in [-0.25, -0.2) is 14.2 Å². The van der Waals surface area contributed by atoms with Crippen LogP contribution in [0.1, 0.15) is 28.8 Å². The number of carbonyl (C=O) groups is 1. The van der Waals surface area contributed by atoms with Crippen LogP contribution < -0.4 is 5.32 Å². The van der Waals surface area contributed by atoms with E-state index in [-0.39, 0.29) is 5.82 Å². The first-order chi connectivity index (χ1) is 13.2. The second-order valence-electron chi connectivity index (χ2n) is 6.05. The molecule has 0 saturated carbocycles. The van der Waals surface area contributed by atoms with Gasteiger partial charge in [-0.05, 0) is 29.3 Å². The number of hydrogen-bond donors (Lipinski definition) is 1. The van der Waals surface area contributed by atoms with Crippen LogP contribution in [-0.4, -0.2) is 20.6 Å². The van der Waals surface area contributed by atoms with E-state index >= 15 is 0 Å². The van der Waals surface area contributed by atoms with Crippen molar-refractivity contribution in [2.75, 3.05) is 0 Å². The molecule has 0 spiro atoms. The zero-order valence-electron chi connectivity index (χ0n) is 14.2. The van der Waals surface area contributed by atoms with Crippen molar-refractivity contribution in [1.82, 2.24) is 19.9 Å². The molecular weight excluding hydrogens is 347 g/mol. The minimum Gasteiger partial charge on any atom is -0.439 e. The number of cyclic esters (lactones) is 1. The number of rotatable bonds is 3. The maximum Gasteiger partial charge on any atom is 0.408 e. The Hall–Kier alpha value is -3.66. The van der Waals surface area contributed by atoms with Crippen molar-refractivity contribution in [2.24, 2.45) is 0 Å². The summed E-state index contributed by atoms with van der Waals surface area (Å²) in [7, 11) is 0. The van der Waals surface area contributed by atoms with Crippen LogP contribution in [0, 0.1) is 17.7 Å². The molecule has 1 aliphatic rings. The van der Waals surface area contributed by atoms with Gasteiger partial charge in [0.1, 0.15) is 11.9 Å². The van der Waals surface area contributed by atoms with Crippen molar-refractivity contribution in [1.29, 1.82) is 0 Å². The second-order valence-corrected chi connectivity index (χ2v) is 6.05. The summed E-state index contributed by atoms with van der Waals surface area (Å²) in [6.07, 6.45) is 7.33. The van der Waals surface area contributed by atoms with Crippen molar-refractivity contribution in [3.63, 3.8) is 0 Å². The first-order valence-corrected chi connectivity index (χ1v) is 8.31. The number of alkyl carbamates (subject to hydrolysis) is 1. The maximum atomic E-state index is 13.6. The van der Waals surface area contributed by atoms with Crippen molar-refractivity contribution in [3.05, 3.63) is 84.0 Å². The SMILES string of the molecule is O=C1N[C@H](c2cncc(C#CCn3ccnc3)c2)[C@@H](c2cccc(F)c2)O1. The van der Waals surface area contributed by atoms with Crippen molar-refractivity contribution >= 4 is 6.09 Å². The number of pyridine rings is 1. The topological polar surface area (TPSA) is 69.0 Å². The Labute approximate surface area is 155 Å². The summed E-state index contributed by atoms with van der Waals surface area (Å²) in [5.41, 5.74) is 2.03. The lowest BCUT2D eigenvalue weighted by molar-refractivity contribution is 0.132. The number of ether oxygens (including phenoxy) is 1. The molecule has 0 unspecified atom stereocenters. The van der Waals surface area contributed by atoms with E-state index in [4.69, 9.17) is 4.74 Å². The molecule has 0 radical (unpaired) electrons. The van der Waals surface area contributed by atoms with Crippen molar-refractivity contribution in [3.8, 4) is 11.8 Å². The highest BCUT2D eigenvalue weighted by molar-refractivity contribution is 5.71. The van der Waals surface area contributed by atoms with Gasteiger partial charge in [-0.3, -0.25) is 4.98 Å². The summed E-state index contributed by atoms with van der Waals surface area (Å²) in [5.74, 6) is 5.71. The van der Waals surface area contributed by atoms with Crippen LogP contribution >= 0.6 is 0 Å². The highest BCUT2D eigenvalue weighted by Crippen LogP contribution is 2.36. The van der Waals surface area contributed by atoms with Gasteiger partial charge < -0.3 is 14.6 Å². The number of aromatic nitrogens is 3. The van der Waals surface area contributed by atoms with Gasteiger partial charge in [0, 0.05) is 30.4 Å². The Morgan fingerprint density at radius 1 is 1.22 bits per heavy atom. The zero-order valence-corrected chi connectivity index (χ0v) is 14.2. The van der Waals surface area contributed by atoms with Gasteiger partial charge in [-0.15, -0.1) is 0 Å². The van der Waals surface area contributed by atoms with Crippen LogP contribution in [0.5, 0.6) is 0 Å². The summed E-state index contributed by atoms with van der Waals surface area (Å²) in [5, 5.41) is 2.76. The van der Waals surface area contributed by atoms with Gasteiger partial charge in [0.25, 0.3) is 0 Å². The van der Waals surface area contributed by atoms with Gasteiger partial charge in [-0.2, -0.15) is 0 Å². The van der Waals surface area contributed by atoms with Gasteiger partial charge in [0.2, 0.25) is 0 Å². The highest BCUT2D eigenvalue weighted by atomic mass is 19.1. The van der Waals surface area contributed by atoms with Gasteiger partial charge in [-0.1, -0.05) is 24.0 Å². The highest BCUT2D eigenvalue weighted by Gasteiger charge is 2.36. The van der Waals surface area contributed by atoms with Crippen LogP contribution in [0.3, 0.4) is 0 Å². The minimum atomic E-state index is -0.635. The normalized spacial score (nSPS) is 18.3. The molecule has 1 amide bonds. The number of benzene rings is 1. The van der Waals surface area contributed by atoms with Crippen molar-refractivity contribution < 1.29 is 13.9 Å². The molecule has 1 N–H and O–H groups in total. The van der Waals surface area contributed by atoms with Gasteiger partial charge >= 0.3 is 6.09 Å². The Bertz CT molecular complexity index is 1020. The van der Waals surface area contributed by atoms with Crippen LogP contribution in [0.4, 0.5) is 9.18 Å². The van der Waals surface area contributed by atoms with E-state index < -0.39 is 18.2 Å². The number of amides is 1. The Kier molecular flexibility index (Phi) is 4.54. The number of nitrogens with zero attached hydrogens (tertiary/aromatic N) is 3. The molecule has 0 aliphatic carbocycles. The van der Waals surface area contributed by atoms with E-state index in [1.165, 1.54) is 12.1 Å². The predicted molar refractivity (Wildman–Crippen MR) is 94.8 cm³/mol. The smallest absolute Gasteiger partial charge is 0.408 e. The third kappa shape index (κ3) is 3.80. The third-order valence-corrected chi connectivity index (χ3v) is 4.16. The Balaban J connectivity index is 1.58. The Morgan fingerprint density at radius 3 is 2.96 bits per heavy atom. The quantitative estimate of drug-likeness (QED) is 0.728. The number of nitrogens with one attached hydrogen (secondary N) is 1. The first kappa shape index (κ1) is 16.8. The number of halogens is 1. The molecule has 7 heteroatoms. The largest absolute Gasteiger partial charge is 0.439 e. The molecule has 1 saturated heterocycles. The van der Waals surface area contributed by atoms with Crippen molar-refractivity contribution in [2.45, 2.75) is 18.7 Å². The molecule has 1 aromatic carbocycles. The van der Waals surface area contributed by atoms with E-state index in [9.17, 15) is 9.18 Å². The van der Waals surface area contributed by atoms with E-state index in [0.717, 1.165) is 5.56 Å². The molecule has 3 heterocycles. The number of carbonyl (C=O) groups excluding carboxylic acids is 1. The van der Waals surface area contributed by atoms with E-state index in [2.05, 4.69) is 27.1 Å². The predicted octanol–water partition coefficient (Wildman–Crippen LogP) is 2.99. The Morgan fingerprint density at radius 2 is 2.15 bits per heavy atom. The number of imidazole rings is 1. The fraction of sp³-hybridized carbons (Fsp3) is 0.150. The van der Waals surface area contributed by atoms with Crippen LogP contribution in [0.2, 0.25) is 0 Å². The van der Waals surface area contributed by atoms with Gasteiger partial charge in [0.15, 0.2) is 6.10 Å². The summed E-state index contributed by atoms with van der Waals surface area (Å²) in [4.78, 5) is 20.0. The standard InChI is InChI=1S/C20H15FN4O2/c21-17-5-1-4-15(10-17)19-18(24-20(26)27-19)16-9-14(11-23-12-16)3-2-7-25-8-6-22-13-25/h1,4-6,8-13,18-19H,7H2,(H,24,26)/t18-,19-/m1/s1. The fourth-order valence-corrected chi connectivity index (χ4v) is 2.93. The average Bonchev–Trinajstić information content (AvgIpc) is 3.32. The number of hydrogen-bond acceptors (Lipinski definition) is 4. The molecule has 2 atom stereocenters. The monoisotopic (exact) mass is 362 g/mol. The third-order valence-electron chi connectivity index (χ3n) is 4.16. The summed E-state index contributed by atoms with van der Waals surface area (Å²) in [6.45, 7) is 0.513. The molecule has 2 aromatic heterocycles. The van der Waals surface area contributed by atoms with Gasteiger partial charge in [0.05, 0.1) is 12.9 Å². The molecule has 4 rings (SSSR count). The molecule has 27 heavy (non-hydrogen) atoms. The van der Waals surface area contributed by atoms with Crippen LogP contribution in [-0.2, 0) is 11.3 Å². The fourth-order valence-electron chi connectivity index (χ4n) is 2.93. The second kappa shape index (κ2) is 7.30. The molecule has 134 valence electrons. The zero-order chi connectivity index (χ0) is 18.6. The van der Waals surface area contributed by atoms with Crippen LogP contribution in [0.15, 0.2) is 61.4 Å². The van der Waals surface area contributed by atoms with Crippen LogP contribution in [0.25, 0.3) is 0 Å². The maximum absolute atomic E-state index is 13.6. The molecule has 0 bridgehead atoms. The van der Waals surface area contributed by atoms with E-state index in [1.54, 1.807) is 37.1 Å².